The molecule has 0 atom stereocenters. The smallest absolute Gasteiger partial charge is 0.315 e. The van der Waals surface area contributed by atoms with Crippen LogP contribution in [0, 0.1) is 0 Å². The Hall–Kier alpha value is -2.08. The molecule has 2 amide bonds. The van der Waals surface area contributed by atoms with E-state index in [0.717, 1.165) is 37.3 Å². The maximum Gasteiger partial charge on any atom is 0.315 e. The third-order valence-corrected chi connectivity index (χ3v) is 5.59. The Labute approximate surface area is 153 Å². The number of carbonyl (C=O) groups is 1. The molecule has 2 aromatic rings. The first-order valence-corrected chi connectivity index (χ1v) is 9.69. The third-order valence-electron chi connectivity index (χ3n) is 4.37. The highest BCUT2D eigenvalue weighted by molar-refractivity contribution is 7.99. The van der Waals surface area contributed by atoms with E-state index in [1.54, 1.807) is 24.2 Å². The molecule has 0 unspecified atom stereocenters. The summed E-state index contributed by atoms with van der Waals surface area (Å²) in [5.41, 5.74) is 1.24. The van der Waals surface area contributed by atoms with Gasteiger partial charge in [0.15, 0.2) is 5.16 Å². The van der Waals surface area contributed by atoms with Gasteiger partial charge in [-0.25, -0.2) is 14.8 Å². The molecule has 1 heterocycles. The molecule has 1 fully saturated rings. The van der Waals surface area contributed by atoms with Crippen LogP contribution in [0.5, 0.6) is 0 Å². The summed E-state index contributed by atoms with van der Waals surface area (Å²) in [7, 11) is 0. The maximum absolute atomic E-state index is 12.0. The molecule has 2 N–H and O–H groups in total. The molecule has 6 heteroatoms. The van der Waals surface area contributed by atoms with Crippen molar-refractivity contribution in [2.24, 2.45) is 0 Å². The lowest BCUT2D eigenvalue weighted by molar-refractivity contribution is 0.233. The number of thioether (sulfide) groups is 1. The summed E-state index contributed by atoms with van der Waals surface area (Å²) in [5.74, 6) is 0. The molecule has 0 spiro atoms. The van der Waals surface area contributed by atoms with E-state index in [1.165, 1.54) is 5.56 Å². The van der Waals surface area contributed by atoms with Gasteiger partial charge in [0.1, 0.15) is 0 Å². The van der Waals surface area contributed by atoms with Gasteiger partial charge < -0.3 is 10.6 Å². The van der Waals surface area contributed by atoms with Gasteiger partial charge in [0.05, 0.1) is 0 Å². The van der Waals surface area contributed by atoms with Crippen LogP contribution in [0.25, 0.3) is 0 Å². The Bertz CT molecular complexity index is 645. The van der Waals surface area contributed by atoms with Crippen LogP contribution in [0.3, 0.4) is 0 Å². The van der Waals surface area contributed by atoms with Crippen LogP contribution in [-0.2, 0) is 6.42 Å². The van der Waals surface area contributed by atoms with E-state index in [0.29, 0.717) is 11.8 Å². The van der Waals surface area contributed by atoms with Gasteiger partial charge in [-0.05, 0) is 43.7 Å². The molecule has 132 valence electrons. The van der Waals surface area contributed by atoms with Gasteiger partial charge in [-0.1, -0.05) is 42.1 Å². The number of nitrogens with one attached hydrogen (secondary N) is 2. The van der Waals surface area contributed by atoms with Gasteiger partial charge in [-0.2, -0.15) is 0 Å². The summed E-state index contributed by atoms with van der Waals surface area (Å²) < 4.78 is 0. The lowest BCUT2D eigenvalue weighted by Crippen LogP contribution is -2.44. The van der Waals surface area contributed by atoms with Crippen molar-refractivity contribution in [2.75, 3.05) is 6.54 Å². The number of nitrogens with zero attached hydrogens (tertiary/aromatic N) is 2. The highest BCUT2D eigenvalue weighted by Crippen LogP contribution is 2.31. The van der Waals surface area contributed by atoms with Gasteiger partial charge in [-0.3, -0.25) is 0 Å². The van der Waals surface area contributed by atoms with Crippen LogP contribution < -0.4 is 10.6 Å². The molecule has 0 aliphatic heterocycles. The highest BCUT2D eigenvalue weighted by atomic mass is 32.2. The summed E-state index contributed by atoms with van der Waals surface area (Å²) in [6.07, 6.45) is 8.60. The molecular weight excluding hydrogens is 332 g/mol. The summed E-state index contributed by atoms with van der Waals surface area (Å²) in [4.78, 5) is 20.6. The van der Waals surface area contributed by atoms with Crippen LogP contribution in [0.1, 0.15) is 31.2 Å². The minimum absolute atomic E-state index is 0.0570. The zero-order chi connectivity index (χ0) is 17.3. The van der Waals surface area contributed by atoms with Crippen LogP contribution >= 0.6 is 11.8 Å². The second-order valence-corrected chi connectivity index (χ2v) is 7.53. The predicted molar refractivity (Wildman–Crippen MR) is 101 cm³/mol. The topological polar surface area (TPSA) is 66.9 Å². The van der Waals surface area contributed by atoms with Gasteiger partial charge in [0, 0.05) is 30.2 Å². The molecule has 0 bridgehead atoms. The van der Waals surface area contributed by atoms with E-state index in [9.17, 15) is 4.79 Å². The van der Waals surface area contributed by atoms with Crippen molar-refractivity contribution >= 4 is 17.8 Å². The SMILES string of the molecule is O=C(NCCc1ccccc1)NC1CCC(Sc2ncccn2)CC1. The molecule has 3 rings (SSSR count). The quantitative estimate of drug-likeness (QED) is 0.778. The summed E-state index contributed by atoms with van der Waals surface area (Å²) in [6.45, 7) is 0.659. The van der Waals surface area contributed by atoms with E-state index < -0.39 is 0 Å². The van der Waals surface area contributed by atoms with E-state index in [-0.39, 0.29) is 12.1 Å². The van der Waals surface area contributed by atoms with Crippen molar-refractivity contribution in [1.82, 2.24) is 20.6 Å². The molecule has 1 saturated carbocycles. The van der Waals surface area contributed by atoms with Gasteiger partial charge in [0.25, 0.3) is 0 Å². The largest absolute Gasteiger partial charge is 0.338 e. The maximum atomic E-state index is 12.0. The van der Waals surface area contributed by atoms with E-state index in [1.807, 2.05) is 24.3 Å². The molecule has 0 radical (unpaired) electrons. The Morgan fingerprint density at radius 1 is 1.04 bits per heavy atom. The normalized spacial score (nSPS) is 20.0. The standard InChI is InChI=1S/C19H24N4OS/c24-18(20-14-11-15-5-2-1-3-6-15)23-16-7-9-17(10-8-16)25-19-21-12-4-13-22-19/h1-6,12-13,16-17H,7-11,14H2,(H2,20,23,24). The summed E-state index contributed by atoms with van der Waals surface area (Å²) in [6, 6.07) is 12.2. The molecular formula is C19H24N4OS. The molecule has 5 nitrogen and oxygen atoms in total. The lowest BCUT2D eigenvalue weighted by atomic mass is 9.95. The third kappa shape index (κ3) is 6.05. The number of benzene rings is 1. The minimum atomic E-state index is -0.0570. The molecule has 1 aromatic heterocycles. The second-order valence-electron chi connectivity index (χ2n) is 6.26. The van der Waals surface area contributed by atoms with Crippen molar-refractivity contribution in [3.8, 4) is 0 Å². The Balaban J connectivity index is 1.32. The van der Waals surface area contributed by atoms with Crippen molar-refractivity contribution in [3.05, 3.63) is 54.4 Å². The van der Waals surface area contributed by atoms with Crippen molar-refractivity contribution in [3.63, 3.8) is 0 Å². The minimum Gasteiger partial charge on any atom is -0.338 e. The van der Waals surface area contributed by atoms with Gasteiger partial charge in [0.2, 0.25) is 0 Å². The number of hydrogen-bond donors (Lipinski definition) is 2. The monoisotopic (exact) mass is 356 g/mol. The second kappa shape index (κ2) is 9.42. The number of amides is 2. The predicted octanol–water partition coefficient (Wildman–Crippen LogP) is 3.42. The van der Waals surface area contributed by atoms with Crippen LogP contribution in [-0.4, -0.2) is 33.8 Å². The zero-order valence-electron chi connectivity index (χ0n) is 14.2. The zero-order valence-corrected chi connectivity index (χ0v) is 15.0. The summed E-state index contributed by atoms with van der Waals surface area (Å²) in [5, 5.41) is 7.44. The Morgan fingerprint density at radius 3 is 2.48 bits per heavy atom. The van der Waals surface area contributed by atoms with E-state index >= 15 is 0 Å². The first-order valence-electron chi connectivity index (χ1n) is 8.81. The van der Waals surface area contributed by atoms with Gasteiger partial charge >= 0.3 is 6.03 Å². The Morgan fingerprint density at radius 2 is 1.76 bits per heavy atom. The number of hydrogen-bond acceptors (Lipinski definition) is 4. The fraction of sp³-hybridized carbons (Fsp3) is 0.421. The number of urea groups is 1. The van der Waals surface area contributed by atoms with Crippen molar-refractivity contribution in [1.29, 1.82) is 0 Å². The molecule has 0 saturated heterocycles. The average molecular weight is 356 g/mol. The highest BCUT2D eigenvalue weighted by Gasteiger charge is 2.23. The van der Waals surface area contributed by atoms with E-state index in [4.69, 9.17) is 0 Å². The number of aromatic nitrogens is 2. The van der Waals surface area contributed by atoms with Crippen LogP contribution in [0.4, 0.5) is 4.79 Å². The molecule has 1 aliphatic rings. The molecule has 1 aliphatic carbocycles. The Kier molecular flexibility index (Phi) is 6.68. The molecule has 25 heavy (non-hydrogen) atoms. The fourth-order valence-electron chi connectivity index (χ4n) is 3.02. The summed E-state index contributed by atoms with van der Waals surface area (Å²) >= 11 is 1.75. The van der Waals surface area contributed by atoms with Gasteiger partial charge in [-0.15, -0.1) is 0 Å². The molecule has 1 aromatic carbocycles. The number of carbonyl (C=O) groups excluding carboxylic acids is 1. The average Bonchev–Trinajstić information content (AvgIpc) is 2.65. The lowest BCUT2D eigenvalue weighted by Gasteiger charge is -2.28. The van der Waals surface area contributed by atoms with Crippen molar-refractivity contribution < 1.29 is 4.79 Å². The first-order chi connectivity index (χ1) is 12.3. The fourth-order valence-corrected chi connectivity index (χ4v) is 4.07. The van der Waals surface area contributed by atoms with Crippen LogP contribution in [0.2, 0.25) is 0 Å². The first kappa shape index (κ1) is 17.7. The van der Waals surface area contributed by atoms with Crippen molar-refractivity contribution in [2.45, 2.75) is 48.6 Å². The van der Waals surface area contributed by atoms with E-state index in [2.05, 4.69) is 32.7 Å². The number of rotatable bonds is 6. The van der Waals surface area contributed by atoms with Crippen LogP contribution in [0.15, 0.2) is 53.9 Å².